The molecule has 0 saturated carbocycles. The third kappa shape index (κ3) is 22.1. The molecule has 0 aliphatic carbocycles. The van der Waals surface area contributed by atoms with E-state index in [1.165, 1.54) is 30.4 Å². The Kier molecular flexibility index (Phi) is 28.9. The van der Waals surface area contributed by atoms with Crippen LogP contribution in [-0.2, 0) is 49.6 Å². The number of unbranched alkanes of at least 4 members (excludes halogenated alkanes) is 2. The molecule has 1 aromatic rings. The van der Waals surface area contributed by atoms with Crippen LogP contribution in [0.15, 0.2) is 24.3 Å². The van der Waals surface area contributed by atoms with E-state index in [0.717, 1.165) is 0 Å². The van der Waals surface area contributed by atoms with E-state index in [9.17, 15) is 58.5 Å². The molecule has 1 fully saturated rings. The van der Waals surface area contributed by atoms with Crippen LogP contribution in [-0.4, -0.2) is 190 Å². The van der Waals surface area contributed by atoms with Gasteiger partial charge in [0.2, 0.25) is 47.3 Å². The van der Waals surface area contributed by atoms with Crippen molar-refractivity contribution in [1.29, 1.82) is 5.41 Å². The van der Waals surface area contributed by atoms with Crippen molar-refractivity contribution >= 4 is 59.2 Å². The number of aromatic amines is 1. The predicted molar refractivity (Wildman–Crippen MR) is 267 cm³/mol. The van der Waals surface area contributed by atoms with E-state index >= 15 is 0 Å². The molecular weight excluding hydrogens is 973 g/mol. The molecule has 0 spiro atoms. The number of hydrogen-bond donors (Lipinski definition) is 19. The lowest BCUT2D eigenvalue weighted by Gasteiger charge is -2.30. The van der Waals surface area contributed by atoms with Crippen LogP contribution in [0, 0.1) is 5.41 Å². The van der Waals surface area contributed by atoms with E-state index in [1.807, 2.05) is 0 Å². The van der Waals surface area contributed by atoms with Gasteiger partial charge in [0, 0.05) is 37.9 Å². The number of rotatable bonds is 35. The quantitative estimate of drug-likeness (QED) is 0.0130. The first-order valence-electron chi connectivity index (χ1n) is 24.5. The van der Waals surface area contributed by atoms with Crippen LogP contribution in [0.1, 0.15) is 83.2 Å². The van der Waals surface area contributed by atoms with Crippen LogP contribution in [0.3, 0.4) is 0 Å². The second kappa shape index (κ2) is 33.8. The maximum absolute atomic E-state index is 14.2. The monoisotopic (exact) mass is 1050 g/mol. The highest BCUT2D eigenvalue weighted by Crippen LogP contribution is 2.20. The van der Waals surface area contributed by atoms with Crippen LogP contribution >= 0.6 is 0 Å². The second-order valence-electron chi connectivity index (χ2n) is 17.6. The Morgan fingerprint density at radius 3 is 2.04 bits per heavy atom. The second-order valence-corrected chi connectivity index (χ2v) is 17.6. The van der Waals surface area contributed by atoms with E-state index in [2.05, 4.69) is 52.5 Å². The SMILES string of the molecule is C[C@H](O)[C@H](NC(=O)[C@@H](NC(=O)[C@@H](N)CCCCN)[C@@H](O)CN)C(=O)NCC(=O)N[C@H](CCCN)C(=O)N1CCC[C@H]1C(=O)N[C@@H](Cc1cnc[nH]1)C(=O)N[C@@H](CCCCN)C(=O)N/C(=C\CCNC(=N)N)C(=O)O. The summed E-state index contributed by atoms with van der Waals surface area (Å²) in [5.74, 6) is -8.74. The number of amides is 8. The largest absolute Gasteiger partial charge is 0.477 e. The smallest absolute Gasteiger partial charge is 0.352 e. The fourth-order valence-electron chi connectivity index (χ4n) is 7.59. The summed E-state index contributed by atoms with van der Waals surface area (Å²) >= 11 is 0. The Balaban J connectivity index is 2.24. The third-order valence-electron chi connectivity index (χ3n) is 11.7. The van der Waals surface area contributed by atoms with E-state index in [-0.39, 0.29) is 77.1 Å². The maximum Gasteiger partial charge on any atom is 0.352 e. The number of aromatic nitrogens is 2. The van der Waals surface area contributed by atoms with Crippen molar-refractivity contribution in [3.8, 4) is 0 Å². The zero-order valence-electron chi connectivity index (χ0n) is 41.7. The molecule has 0 bridgehead atoms. The third-order valence-corrected chi connectivity index (χ3v) is 11.7. The highest BCUT2D eigenvalue weighted by Gasteiger charge is 2.40. The fraction of sp³-hybridized carbons (Fsp3) is 0.659. The van der Waals surface area contributed by atoms with Gasteiger partial charge in [0.25, 0.3) is 0 Å². The van der Waals surface area contributed by atoms with Gasteiger partial charge < -0.3 is 102 Å². The van der Waals surface area contributed by atoms with Crippen LogP contribution in [0.4, 0.5) is 0 Å². The lowest BCUT2D eigenvalue weighted by atomic mass is 10.1. The molecule has 74 heavy (non-hydrogen) atoms. The molecule has 9 atom stereocenters. The first-order valence-corrected chi connectivity index (χ1v) is 24.5. The number of aliphatic carboxylic acids is 1. The van der Waals surface area contributed by atoms with Gasteiger partial charge in [0.05, 0.1) is 31.1 Å². The molecule has 2 heterocycles. The van der Waals surface area contributed by atoms with Gasteiger partial charge in [-0.1, -0.05) is 12.5 Å². The van der Waals surface area contributed by atoms with Crippen LogP contribution in [0.2, 0.25) is 0 Å². The van der Waals surface area contributed by atoms with Gasteiger partial charge in [0.1, 0.15) is 41.9 Å². The average molecular weight is 1050 g/mol. The molecule has 0 radical (unpaired) electrons. The minimum atomic E-state index is -1.71. The number of H-pyrrole nitrogens is 1. The first kappa shape index (κ1) is 63.3. The van der Waals surface area contributed by atoms with Crippen molar-refractivity contribution in [3.05, 3.63) is 30.0 Å². The van der Waals surface area contributed by atoms with Crippen molar-refractivity contribution < 1.29 is 58.5 Å². The summed E-state index contributed by atoms with van der Waals surface area (Å²) in [6, 6.07) is -9.53. The molecular formula is C44H78N18O12. The number of nitrogens with one attached hydrogen (secondary N) is 10. The molecule has 25 N–H and O–H groups in total. The summed E-state index contributed by atoms with van der Waals surface area (Å²) in [7, 11) is 0. The zero-order valence-corrected chi connectivity index (χ0v) is 41.7. The van der Waals surface area contributed by atoms with Crippen molar-refractivity contribution in [2.24, 2.45) is 34.4 Å². The molecule has 30 nitrogen and oxygen atoms in total. The number of hydrogen-bond acceptors (Lipinski definition) is 18. The number of carboxylic acids is 1. The maximum atomic E-state index is 14.2. The topological polar surface area (TPSA) is 522 Å². The number of carboxylic acid groups (broad SMARTS) is 1. The summed E-state index contributed by atoms with van der Waals surface area (Å²) in [5.41, 5.74) is 33.6. The molecule has 1 aliphatic rings. The summed E-state index contributed by atoms with van der Waals surface area (Å²) in [6.07, 6.45) is 3.63. The predicted octanol–water partition coefficient (Wildman–Crippen LogP) is -7.53. The van der Waals surface area contributed by atoms with E-state index in [0.29, 0.717) is 44.3 Å². The van der Waals surface area contributed by atoms with Gasteiger partial charge in [-0.3, -0.25) is 43.8 Å². The Labute approximate surface area is 428 Å². The van der Waals surface area contributed by atoms with Gasteiger partial charge in [-0.05, 0) is 90.8 Å². The molecule has 0 unspecified atom stereocenters. The summed E-state index contributed by atoms with van der Waals surface area (Å²) in [4.78, 5) is 129. The van der Waals surface area contributed by atoms with Gasteiger partial charge in [-0.2, -0.15) is 0 Å². The summed E-state index contributed by atoms with van der Waals surface area (Å²) < 4.78 is 0. The minimum Gasteiger partial charge on any atom is -0.477 e. The van der Waals surface area contributed by atoms with Crippen LogP contribution < -0.4 is 76.9 Å². The van der Waals surface area contributed by atoms with Crippen molar-refractivity contribution in [3.63, 3.8) is 0 Å². The highest BCUT2D eigenvalue weighted by atomic mass is 16.4. The van der Waals surface area contributed by atoms with E-state index in [1.54, 1.807) is 0 Å². The van der Waals surface area contributed by atoms with E-state index < -0.39 is 127 Å². The number of carbonyl (C=O) groups is 9. The van der Waals surface area contributed by atoms with Gasteiger partial charge in [-0.15, -0.1) is 0 Å². The molecule has 1 aromatic heterocycles. The molecule has 30 heteroatoms. The van der Waals surface area contributed by atoms with Gasteiger partial charge in [0.15, 0.2) is 5.96 Å². The number of aliphatic hydroxyl groups excluding tert-OH is 2. The number of imidazole rings is 1. The minimum absolute atomic E-state index is 0.00597. The van der Waals surface area contributed by atoms with Gasteiger partial charge in [-0.25, -0.2) is 9.78 Å². The molecule has 8 amide bonds. The molecule has 2 rings (SSSR count). The number of nitrogens with two attached hydrogens (primary N) is 6. The standard InChI is InChI=1S/C44H78N18O12/c1-24(63)34(60-41(71)35(32(64)20-48)61-36(66)26(49)9-2-4-14-45)40(70)54-22-33(65)56-28(11-6-16-47)42(72)62-18-8-13-31(62)39(69)59-30(19-25-21-52-23-55-25)38(68)57-27(10-3-5-15-46)37(67)58-29(43(73)74)12-7-17-53-44(50)51/h12,21,23-24,26-28,30-32,34-35,63-64H,2-11,13-20,22,45-49H2,1H3,(H,52,55)(H,54,70)(H,56,65)(H,57,68)(H,58,67)(H,59,69)(H,60,71)(H,61,66)(H,73,74)(H4,50,51,53)/b29-12-/t24-,26-,27-,28+,30-,31-,32-,34-,35-/m0/s1. The van der Waals surface area contributed by atoms with Crippen LogP contribution in [0.5, 0.6) is 0 Å². The Morgan fingerprint density at radius 2 is 1.45 bits per heavy atom. The number of nitrogens with zero attached hydrogens (tertiary/aromatic N) is 2. The number of guanidine groups is 1. The van der Waals surface area contributed by atoms with Crippen molar-refractivity contribution in [1.82, 2.24) is 57.4 Å². The average Bonchev–Trinajstić information content (AvgIpc) is 4.08. The zero-order chi connectivity index (χ0) is 55.3. The Morgan fingerprint density at radius 1 is 0.797 bits per heavy atom. The Hall–Kier alpha value is -6.83. The summed E-state index contributed by atoms with van der Waals surface area (Å²) in [5, 5.41) is 57.5. The first-order chi connectivity index (χ1) is 35.2. The van der Waals surface area contributed by atoms with Crippen molar-refractivity contribution in [2.75, 3.05) is 45.8 Å². The lowest BCUT2D eigenvalue weighted by molar-refractivity contribution is -0.142. The number of aliphatic hydroxyl groups is 2. The molecule has 1 saturated heterocycles. The number of likely N-dealkylation sites (tertiary alicyclic amines) is 1. The fourth-order valence-corrected chi connectivity index (χ4v) is 7.59. The van der Waals surface area contributed by atoms with E-state index in [4.69, 9.17) is 39.8 Å². The van der Waals surface area contributed by atoms with Crippen LogP contribution in [0.25, 0.3) is 0 Å². The summed E-state index contributed by atoms with van der Waals surface area (Å²) in [6.45, 7) is 0.841. The molecule has 0 aromatic carbocycles. The van der Waals surface area contributed by atoms with Gasteiger partial charge >= 0.3 is 5.97 Å². The normalized spacial score (nSPS) is 16.7. The molecule has 1 aliphatic heterocycles. The Bertz CT molecular complexity index is 2040. The lowest BCUT2D eigenvalue weighted by Crippen LogP contribution is -2.62. The highest BCUT2D eigenvalue weighted by molar-refractivity contribution is 5.99. The molecule has 416 valence electrons. The van der Waals surface area contributed by atoms with Crippen molar-refractivity contribution in [2.45, 2.75) is 138 Å². The number of carbonyl (C=O) groups excluding carboxylic acids is 8.